The normalized spacial score (nSPS) is 10.9. The largest absolute Gasteiger partial charge is 0.491 e. The van der Waals surface area contributed by atoms with E-state index < -0.39 is 0 Å². The summed E-state index contributed by atoms with van der Waals surface area (Å²) in [5, 5.41) is 6.47. The lowest BCUT2D eigenvalue weighted by Gasteiger charge is -2.10. The van der Waals surface area contributed by atoms with Gasteiger partial charge in [-0.2, -0.15) is 0 Å². The zero-order valence-electron chi connectivity index (χ0n) is 14.7. The molecule has 0 atom stereocenters. The van der Waals surface area contributed by atoms with Gasteiger partial charge in [-0.25, -0.2) is 4.99 Å². The second-order valence-electron chi connectivity index (χ2n) is 5.11. The van der Waals surface area contributed by atoms with Gasteiger partial charge < -0.3 is 24.5 Å². The highest BCUT2D eigenvalue weighted by molar-refractivity contribution is 14.0. The van der Waals surface area contributed by atoms with E-state index in [2.05, 4.69) is 15.6 Å². The average molecular weight is 459 g/mol. The Bertz CT molecular complexity index is 601. The van der Waals surface area contributed by atoms with Crippen LogP contribution < -0.4 is 15.4 Å². The molecule has 0 aliphatic heterocycles. The topological polar surface area (TPSA) is 68.0 Å². The molecule has 0 fully saturated rings. The Labute approximate surface area is 166 Å². The third-order valence-electron chi connectivity index (χ3n) is 3.25. The maximum absolute atomic E-state index is 5.55. The molecule has 0 radical (unpaired) electrons. The van der Waals surface area contributed by atoms with E-state index in [1.165, 1.54) is 0 Å². The maximum atomic E-state index is 5.55. The summed E-state index contributed by atoms with van der Waals surface area (Å²) >= 11 is 0. The van der Waals surface area contributed by atoms with Gasteiger partial charge in [0.1, 0.15) is 18.1 Å². The van der Waals surface area contributed by atoms with E-state index in [1.54, 1.807) is 13.4 Å². The van der Waals surface area contributed by atoms with Crippen LogP contribution in [0.5, 0.6) is 5.75 Å². The van der Waals surface area contributed by atoms with Gasteiger partial charge in [0.25, 0.3) is 0 Å². The number of furan rings is 1. The first-order chi connectivity index (χ1) is 11.8. The second-order valence-corrected chi connectivity index (χ2v) is 5.11. The molecule has 0 unspecified atom stereocenters. The molecular weight excluding hydrogens is 433 g/mol. The number of aliphatic imine (C=N–C) groups is 1. The Morgan fingerprint density at radius 3 is 2.56 bits per heavy atom. The SMILES string of the molecule is CCNC(=NCc1ccc(OCCOC)cc1)NCc1ccco1.I. The Morgan fingerprint density at radius 1 is 1.12 bits per heavy atom. The summed E-state index contributed by atoms with van der Waals surface area (Å²) in [6, 6.07) is 11.7. The molecule has 138 valence electrons. The van der Waals surface area contributed by atoms with Crippen LogP contribution >= 0.6 is 24.0 Å². The van der Waals surface area contributed by atoms with Crippen molar-refractivity contribution in [3.05, 3.63) is 54.0 Å². The lowest BCUT2D eigenvalue weighted by molar-refractivity contribution is 0.146. The Balaban J connectivity index is 0.00000312. The minimum Gasteiger partial charge on any atom is -0.491 e. The van der Waals surface area contributed by atoms with Gasteiger partial charge in [0, 0.05) is 13.7 Å². The molecule has 2 rings (SSSR count). The molecule has 0 aliphatic carbocycles. The van der Waals surface area contributed by atoms with Crippen molar-refractivity contribution >= 4 is 29.9 Å². The Hall–Kier alpha value is -1.74. The van der Waals surface area contributed by atoms with Crippen LogP contribution in [0.4, 0.5) is 0 Å². The number of nitrogens with one attached hydrogen (secondary N) is 2. The first kappa shape index (κ1) is 21.3. The fourth-order valence-electron chi connectivity index (χ4n) is 2.03. The van der Waals surface area contributed by atoms with Crippen LogP contribution in [0.3, 0.4) is 0 Å². The number of ether oxygens (including phenoxy) is 2. The molecule has 0 saturated carbocycles. The van der Waals surface area contributed by atoms with Gasteiger partial charge in [-0.1, -0.05) is 12.1 Å². The van der Waals surface area contributed by atoms with Crippen molar-refractivity contribution in [2.75, 3.05) is 26.9 Å². The Kier molecular flexibility index (Phi) is 10.7. The van der Waals surface area contributed by atoms with Crippen molar-refractivity contribution in [1.29, 1.82) is 0 Å². The van der Waals surface area contributed by atoms with E-state index in [1.807, 2.05) is 43.3 Å². The van der Waals surface area contributed by atoms with Gasteiger partial charge in [-0.15, -0.1) is 24.0 Å². The molecule has 1 aromatic heterocycles. The minimum atomic E-state index is 0. The number of guanidine groups is 1. The molecule has 25 heavy (non-hydrogen) atoms. The molecule has 0 bridgehead atoms. The number of hydrogen-bond donors (Lipinski definition) is 2. The van der Waals surface area contributed by atoms with Crippen molar-refractivity contribution in [3.8, 4) is 5.75 Å². The van der Waals surface area contributed by atoms with Gasteiger partial charge in [0.2, 0.25) is 0 Å². The van der Waals surface area contributed by atoms with Gasteiger partial charge in [-0.05, 0) is 36.8 Å². The van der Waals surface area contributed by atoms with E-state index in [9.17, 15) is 0 Å². The van der Waals surface area contributed by atoms with Crippen LogP contribution in [0, 0.1) is 0 Å². The fraction of sp³-hybridized carbons (Fsp3) is 0.389. The monoisotopic (exact) mass is 459 g/mol. The molecule has 0 saturated heterocycles. The third kappa shape index (κ3) is 8.26. The van der Waals surface area contributed by atoms with Gasteiger partial charge in [0.15, 0.2) is 5.96 Å². The van der Waals surface area contributed by atoms with Crippen molar-refractivity contribution in [2.45, 2.75) is 20.0 Å². The molecule has 0 spiro atoms. The smallest absolute Gasteiger partial charge is 0.191 e. The number of hydrogen-bond acceptors (Lipinski definition) is 4. The number of methoxy groups -OCH3 is 1. The molecule has 7 heteroatoms. The number of halogens is 1. The Morgan fingerprint density at radius 2 is 1.92 bits per heavy atom. The quantitative estimate of drug-likeness (QED) is 0.261. The molecule has 1 aromatic carbocycles. The van der Waals surface area contributed by atoms with E-state index in [0.29, 0.717) is 26.3 Å². The summed E-state index contributed by atoms with van der Waals surface area (Å²) in [6.45, 7) is 5.16. The molecule has 2 aromatic rings. The summed E-state index contributed by atoms with van der Waals surface area (Å²) in [5.41, 5.74) is 1.12. The van der Waals surface area contributed by atoms with Gasteiger partial charge >= 0.3 is 0 Å². The van der Waals surface area contributed by atoms with Crippen LogP contribution in [0.15, 0.2) is 52.1 Å². The number of benzene rings is 1. The van der Waals surface area contributed by atoms with Crippen LogP contribution in [0.25, 0.3) is 0 Å². The van der Waals surface area contributed by atoms with Crippen molar-refractivity contribution in [2.24, 2.45) is 4.99 Å². The molecule has 2 N–H and O–H groups in total. The second kappa shape index (κ2) is 12.6. The van der Waals surface area contributed by atoms with E-state index in [4.69, 9.17) is 13.9 Å². The highest BCUT2D eigenvalue weighted by Gasteiger charge is 2.01. The zero-order valence-corrected chi connectivity index (χ0v) is 17.0. The average Bonchev–Trinajstić information content (AvgIpc) is 3.12. The zero-order chi connectivity index (χ0) is 17.0. The van der Waals surface area contributed by atoms with Gasteiger partial charge in [-0.3, -0.25) is 0 Å². The maximum Gasteiger partial charge on any atom is 0.191 e. The van der Waals surface area contributed by atoms with Crippen LogP contribution in [-0.2, 0) is 17.8 Å². The standard InChI is InChI=1S/C18H25N3O3.HI/c1-3-19-18(21-14-17-5-4-10-23-17)20-13-15-6-8-16(9-7-15)24-12-11-22-2;/h4-10H,3,11-14H2,1-2H3,(H2,19,20,21);1H. The fourth-order valence-corrected chi connectivity index (χ4v) is 2.03. The van der Waals surface area contributed by atoms with Gasteiger partial charge in [0.05, 0.1) is 26.0 Å². The third-order valence-corrected chi connectivity index (χ3v) is 3.25. The summed E-state index contributed by atoms with van der Waals surface area (Å²) in [6.07, 6.45) is 1.66. The van der Waals surface area contributed by atoms with Crippen molar-refractivity contribution < 1.29 is 13.9 Å². The molecule has 1 heterocycles. The molecular formula is C18H26IN3O3. The predicted molar refractivity (Wildman–Crippen MR) is 110 cm³/mol. The number of nitrogens with zero attached hydrogens (tertiary/aromatic N) is 1. The highest BCUT2D eigenvalue weighted by Crippen LogP contribution is 2.12. The lowest BCUT2D eigenvalue weighted by atomic mass is 10.2. The lowest BCUT2D eigenvalue weighted by Crippen LogP contribution is -2.36. The summed E-state index contributed by atoms with van der Waals surface area (Å²) < 4.78 is 15.8. The summed E-state index contributed by atoms with van der Waals surface area (Å²) in [4.78, 5) is 4.58. The first-order valence-corrected chi connectivity index (χ1v) is 8.07. The predicted octanol–water partition coefficient (Wildman–Crippen LogP) is 3.18. The van der Waals surface area contributed by atoms with Crippen LogP contribution in [0.2, 0.25) is 0 Å². The van der Waals surface area contributed by atoms with Crippen molar-refractivity contribution in [1.82, 2.24) is 10.6 Å². The van der Waals surface area contributed by atoms with Crippen LogP contribution in [-0.4, -0.2) is 32.8 Å². The summed E-state index contributed by atoms with van der Waals surface area (Å²) in [7, 11) is 1.66. The van der Waals surface area contributed by atoms with E-state index in [-0.39, 0.29) is 24.0 Å². The van der Waals surface area contributed by atoms with Crippen LogP contribution in [0.1, 0.15) is 18.2 Å². The first-order valence-electron chi connectivity index (χ1n) is 8.07. The van der Waals surface area contributed by atoms with Crippen molar-refractivity contribution in [3.63, 3.8) is 0 Å². The molecule has 0 amide bonds. The number of rotatable bonds is 9. The van der Waals surface area contributed by atoms with E-state index >= 15 is 0 Å². The van der Waals surface area contributed by atoms with E-state index in [0.717, 1.165) is 29.6 Å². The highest BCUT2D eigenvalue weighted by atomic mass is 127. The molecule has 0 aliphatic rings. The molecule has 6 nitrogen and oxygen atoms in total. The minimum absolute atomic E-state index is 0. The summed E-state index contributed by atoms with van der Waals surface area (Å²) in [5.74, 6) is 2.47.